The minimum Gasteiger partial charge on any atom is -0.250 e. The van der Waals surface area contributed by atoms with E-state index in [4.69, 9.17) is 0 Å². The number of benzene rings is 2. The molecule has 0 bridgehead atoms. The number of rotatable bonds is 4. The lowest BCUT2D eigenvalue weighted by molar-refractivity contribution is 0.595. The van der Waals surface area contributed by atoms with E-state index in [0.717, 1.165) is 21.3 Å². The molecule has 2 aromatic carbocycles. The van der Waals surface area contributed by atoms with Gasteiger partial charge in [-0.1, -0.05) is 30.3 Å². The average molecular weight is 317 g/mol. The second-order valence-corrected chi connectivity index (χ2v) is 7.99. The van der Waals surface area contributed by atoms with Crippen LogP contribution in [0.25, 0.3) is 10.8 Å². The largest absolute Gasteiger partial charge is 0.250 e. The third-order valence-electron chi connectivity index (χ3n) is 3.52. The van der Waals surface area contributed by atoms with Gasteiger partial charge >= 0.3 is 0 Å². The second kappa shape index (κ2) is 5.58. The van der Waals surface area contributed by atoms with Crippen molar-refractivity contribution in [3.8, 4) is 0 Å². The van der Waals surface area contributed by atoms with E-state index in [0.29, 0.717) is 11.3 Å². The van der Waals surface area contributed by atoms with Crippen LogP contribution >= 0.6 is 11.3 Å². The highest BCUT2D eigenvalue weighted by Crippen LogP contribution is 2.21. The van der Waals surface area contributed by atoms with Gasteiger partial charge in [0.1, 0.15) is 0 Å². The van der Waals surface area contributed by atoms with Gasteiger partial charge in [0, 0.05) is 4.88 Å². The molecule has 3 rings (SSSR count). The monoisotopic (exact) mass is 317 g/mol. The van der Waals surface area contributed by atoms with E-state index in [1.165, 1.54) is 11.3 Å². The summed E-state index contributed by atoms with van der Waals surface area (Å²) in [6.45, 7) is 1.91. The number of aromatic nitrogens is 1. The van der Waals surface area contributed by atoms with E-state index in [-0.39, 0.29) is 5.75 Å². The molecule has 0 saturated carbocycles. The van der Waals surface area contributed by atoms with Crippen LogP contribution < -0.4 is 0 Å². The highest BCUT2D eigenvalue weighted by atomic mass is 32.2. The van der Waals surface area contributed by atoms with Crippen LogP contribution in [-0.4, -0.2) is 19.2 Å². The van der Waals surface area contributed by atoms with E-state index in [1.807, 2.05) is 37.3 Å². The first-order valence-corrected chi connectivity index (χ1v) is 9.20. The van der Waals surface area contributed by atoms with E-state index < -0.39 is 9.84 Å². The summed E-state index contributed by atoms with van der Waals surface area (Å²) in [4.78, 5) is 5.59. The predicted octanol–water partition coefficient (Wildman–Crippen LogP) is 3.62. The van der Waals surface area contributed by atoms with Gasteiger partial charge in [0.05, 0.1) is 21.9 Å². The molecule has 1 aromatic heterocycles. The molecule has 0 unspecified atom stereocenters. The molecule has 0 fully saturated rings. The van der Waals surface area contributed by atoms with Gasteiger partial charge in [-0.3, -0.25) is 0 Å². The zero-order valence-corrected chi connectivity index (χ0v) is 13.2. The smallest absolute Gasteiger partial charge is 0.178 e. The second-order valence-electron chi connectivity index (χ2n) is 4.94. The Morgan fingerprint density at radius 2 is 1.86 bits per heavy atom. The number of fused-ring (bicyclic) bond motifs is 1. The van der Waals surface area contributed by atoms with Gasteiger partial charge in [-0.05, 0) is 36.2 Å². The number of aryl methyl sites for hydroxylation is 2. The van der Waals surface area contributed by atoms with Crippen LogP contribution in [0.5, 0.6) is 0 Å². The van der Waals surface area contributed by atoms with Crippen molar-refractivity contribution < 1.29 is 8.42 Å². The molecule has 0 amide bonds. The quantitative estimate of drug-likeness (QED) is 0.738. The van der Waals surface area contributed by atoms with Crippen molar-refractivity contribution in [1.82, 2.24) is 4.98 Å². The lowest BCUT2D eigenvalue weighted by Crippen LogP contribution is -2.09. The molecular weight excluding hydrogens is 302 g/mol. The zero-order valence-electron chi connectivity index (χ0n) is 11.6. The van der Waals surface area contributed by atoms with Crippen LogP contribution in [0.1, 0.15) is 10.6 Å². The molecule has 0 N–H and O–H groups in total. The summed E-state index contributed by atoms with van der Waals surface area (Å²) in [5, 5.41) is 2.00. The fraction of sp³-hybridized carbons (Fsp3) is 0.188. The Kier molecular flexibility index (Phi) is 3.78. The maximum atomic E-state index is 12.5. The average Bonchev–Trinajstić information content (AvgIpc) is 2.90. The standard InChI is InChI=1S/C16H15NO2S2/c1-12-16(20-11-17-12)8-9-21(18,19)15-7-6-13-4-2-3-5-14(13)10-15/h2-7,10-11H,8-9H2,1H3. The number of sulfone groups is 1. The van der Waals surface area contributed by atoms with Crippen molar-refractivity contribution in [2.75, 3.05) is 5.75 Å². The first-order chi connectivity index (χ1) is 10.1. The van der Waals surface area contributed by atoms with Crippen molar-refractivity contribution in [3.05, 3.63) is 58.5 Å². The molecular formula is C16H15NO2S2. The summed E-state index contributed by atoms with van der Waals surface area (Å²) < 4.78 is 24.9. The highest BCUT2D eigenvalue weighted by molar-refractivity contribution is 7.91. The van der Waals surface area contributed by atoms with Crippen LogP contribution in [0.15, 0.2) is 52.9 Å². The predicted molar refractivity (Wildman–Crippen MR) is 86.6 cm³/mol. The van der Waals surface area contributed by atoms with E-state index in [2.05, 4.69) is 4.98 Å². The van der Waals surface area contributed by atoms with Crippen LogP contribution in [0.4, 0.5) is 0 Å². The van der Waals surface area contributed by atoms with E-state index >= 15 is 0 Å². The van der Waals surface area contributed by atoms with Gasteiger partial charge in [0.15, 0.2) is 9.84 Å². The Hall–Kier alpha value is -1.72. The normalized spacial score (nSPS) is 11.9. The van der Waals surface area contributed by atoms with Gasteiger partial charge in [-0.25, -0.2) is 13.4 Å². The summed E-state index contributed by atoms with van der Waals surface area (Å²) in [6, 6.07) is 13.1. The van der Waals surface area contributed by atoms with Crippen molar-refractivity contribution in [3.63, 3.8) is 0 Å². The van der Waals surface area contributed by atoms with Gasteiger partial charge in [0.2, 0.25) is 0 Å². The Balaban J connectivity index is 1.87. The van der Waals surface area contributed by atoms with Crippen molar-refractivity contribution >= 4 is 31.9 Å². The molecule has 0 atom stereocenters. The Labute approximate surface area is 128 Å². The highest BCUT2D eigenvalue weighted by Gasteiger charge is 2.16. The molecule has 0 aliphatic carbocycles. The van der Waals surface area contributed by atoms with Gasteiger partial charge in [-0.2, -0.15) is 0 Å². The number of thiazole rings is 1. The molecule has 0 aliphatic heterocycles. The first kappa shape index (κ1) is 14.2. The molecule has 5 heteroatoms. The van der Waals surface area contributed by atoms with Crippen LogP contribution in [-0.2, 0) is 16.3 Å². The minimum absolute atomic E-state index is 0.119. The lowest BCUT2D eigenvalue weighted by Gasteiger charge is -2.06. The molecule has 0 aliphatic rings. The van der Waals surface area contributed by atoms with Crippen molar-refractivity contribution in [1.29, 1.82) is 0 Å². The van der Waals surface area contributed by atoms with E-state index in [1.54, 1.807) is 17.6 Å². The third kappa shape index (κ3) is 2.99. The SMILES string of the molecule is Cc1ncsc1CCS(=O)(=O)c1ccc2ccccc2c1. The summed E-state index contributed by atoms with van der Waals surface area (Å²) in [5.41, 5.74) is 2.68. The summed E-state index contributed by atoms with van der Waals surface area (Å²) >= 11 is 1.51. The molecule has 3 aromatic rings. The van der Waals surface area contributed by atoms with Crippen molar-refractivity contribution in [2.24, 2.45) is 0 Å². The number of hydrogen-bond donors (Lipinski definition) is 0. The maximum Gasteiger partial charge on any atom is 0.178 e. The Bertz CT molecular complexity index is 882. The number of hydrogen-bond acceptors (Lipinski definition) is 4. The van der Waals surface area contributed by atoms with Crippen LogP contribution in [0.3, 0.4) is 0 Å². The van der Waals surface area contributed by atoms with Crippen LogP contribution in [0, 0.1) is 6.92 Å². The van der Waals surface area contributed by atoms with Crippen LogP contribution in [0.2, 0.25) is 0 Å². The van der Waals surface area contributed by atoms with E-state index in [9.17, 15) is 8.42 Å². The van der Waals surface area contributed by atoms with Gasteiger partial charge in [-0.15, -0.1) is 11.3 Å². The van der Waals surface area contributed by atoms with Crippen molar-refractivity contribution in [2.45, 2.75) is 18.2 Å². The molecule has 108 valence electrons. The molecule has 21 heavy (non-hydrogen) atoms. The zero-order chi connectivity index (χ0) is 14.9. The van der Waals surface area contributed by atoms with Gasteiger partial charge < -0.3 is 0 Å². The molecule has 0 saturated heterocycles. The fourth-order valence-electron chi connectivity index (χ4n) is 2.27. The lowest BCUT2D eigenvalue weighted by atomic mass is 10.1. The Morgan fingerprint density at radius 1 is 1.10 bits per heavy atom. The minimum atomic E-state index is -3.27. The van der Waals surface area contributed by atoms with Gasteiger partial charge in [0.25, 0.3) is 0 Å². The molecule has 0 spiro atoms. The fourth-order valence-corrected chi connectivity index (χ4v) is 4.47. The first-order valence-electron chi connectivity index (χ1n) is 6.67. The summed E-state index contributed by atoms with van der Waals surface area (Å²) in [7, 11) is -3.27. The third-order valence-corrected chi connectivity index (χ3v) is 6.23. The topological polar surface area (TPSA) is 47.0 Å². The Morgan fingerprint density at radius 3 is 2.57 bits per heavy atom. The summed E-state index contributed by atoms with van der Waals surface area (Å²) in [6.07, 6.45) is 0.520. The summed E-state index contributed by atoms with van der Waals surface area (Å²) in [5.74, 6) is 0.119. The number of nitrogens with zero attached hydrogens (tertiary/aromatic N) is 1. The molecule has 0 radical (unpaired) electrons. The molecule has 1 heterocycles. The molecule has 3 nitrogen and oxygen atoms in total. The maximum absolute atomic E-state index is 12.5.